The Balaban J connectivity index is 1.86. The van der Waals surface area contributed by atoms with Crippen molar-refractivity contribution in [1.82, 2.24) is 14.8 Å². The second-order valence-corrected chi connectivity index (χ2v) is 6.74. The van der Waals surface area contributed by atoms with E-state index in [0.717, 1.165) is 54.1 Å². The lowest BCUT2D eigenvalue weighted by atomic mass is 10.2. The van der Waals surface area contributed by atoms with Gasteiger partial charge in [-0.25, -0.2) is 0 Å². The minimum absolute atomic E-state index is 0.295. The molecule has 3 heterocycles. The first-order valence-corrected chi connectivity index (χ1v) is 8.75. The summed E-state index contributed by atoms with van der Waals surface area (Å²) in [5, 5.41) is 11.8. The maximum absolute atomic E-state index is 5.76. The van der Waals surface area contributed by atoms with Crippen molar-refractivity contribution in [3.8, 4) is 10.7 Å². The van der Waals surface area contributed by atoms with Crippen molar-refractivity contribution < 1.29 is 10.5 Å². The fourth-order valence-electron chi connectivity index (χ4n) is 2.30. The largest absolute Gasteiger partial charge is 0.376 e. The van der Waals surface area contributed by atoms with Gasteiger partial charge in [-0.3, -0.25) is 4.57 Å². The Morgan fingerprint density at radius 3 is 3.15 bits per heavy atom. The van der Waals surface area contributed by atoms with E-state index in [1.807, 2.05) is 6.07 Å². The highest BCUT2D eigenvalue weighted by atomic mass is 32.2. The van der Waals surface area contributed by atoms with Crippen molar-refractivity contribution >= 4 is 23.1 Å². The Bertz CT molecular complexity index is 535. The molecule has 0 unspecified atom stereocenters. The van der Waals surface area contributed by atoms with E-state index in [1.54, 1.807) is 23.1 Å². The van der Waals surface area contributed by atoms with Crippen molar-refractivity contribution in [2.75, 3.05) is 18.9 Å². The number of quaternary nitrogens is 1. The Morgan fingerprint density at radius 2 is 2.45 bits per heavy atom. The summed E-state index contributed by atoms with van der Waals surface area (Å²) in [7, 11) is 0. The van der Waals surface area contributed by atoms with Gasteiger partial charge in [0.1, 0.15) is 0 Å². The summed E-state index contributed by atoms with van der Waals surface area (Å²) in [5.41, 5.74) is 3.89. The number of hydrogen-bond acceptors (Lipinski definition) is 5. The average molecular weight is 311 g/mol. The molecule has 1 atom stereocenters. The molecule has 0 aliphatic carbocycles. The Hall–Kier alpha value is -0.890. The number of thiophene rings is 1. The number of aromatic nitrogens is 3. The van der Waals surface area contributed by atoms with E-state index >= 15 is 0 Å². The van der Waals surface area contributed by atoms with Crippen LogP contribution in [0.1, 0.15) is 12.8 Å². The van der Waals surface area contributed by atoms with Crippen molar-refractivity contribution in [2.45, 2.75) is 30.6 Å². The van der Waals surface area contributed by atoms with Gasteiger partial charge in [0.25, 0.3) is 0 Å². The second kappa shape index (κ2) is 6.71. The fourth-order valence-corrected chi connectivity index (χ4v) is 3.76. The molecule has 0 saturated carbocycles. The monoisotopic (exact) mass is 311 g/mol. The van der Waals surface area contributed by atoms with E-state index in [2.05, 4.69) is 31.9 Å². The zero-order valence-electron chi connectivity index (χ0n) is 11.3. The quantitative estimate of drug-likeness (QED) is 0.821. The lowest BCUT2D eigenvalue weighted by Crippen LogP contribution is -2.51. The maximum atomic E-state index is 5.76. The van der Waals surface area contributed by atoms with E-state index < -0.39 is 0 Å². The molecule has 0 radical (unpaired) electrons. The number of nitrogens with zero attached hydrogens (tertiary/aromatic N) is 3. The maximum Gasteiger partial charge on any atom is 0.191 e. The molecule has 7 heteroatoms. The lowest BCUT2D eigenvalue weighted by molar-refractivity contribution is -0.360. The summed E-state index contributed by atoms with van der Waals surface area (Å²) >= 11 is 3.42. The van der Waals surface area contributed by atoms with Crippen LogP contribution in [-0.4, -0.2) is 39.8 Å². The van der Waals surface area contributed by atoms with E-state index in [-0.39, 0.29) is 0 Å². The molecule has 2 aromatic heterocycles. The van der Waals surface area contributed by atoms with E-state index in [4.69, 9.17) is 4.74 Å². The summed E-state index contributed by atoms with van der Waals surface area (Å²) in [6.45, 7) is 2.62. The van der Waals surface area contributed by atoms with Gasteiger partial charge in [0.15, 0.2) is 11.0 Å². The molecule has 0 spiro atoms. The van der Waals surface area contributed by atoms with Gasteiger partial charge in [-0.2, -0.15) is 0 Å². The third kappa shape index (κ3) is 3.06. The average Bonchev–Trinajstić information content (AvgIpc) is 3.19. The molecule has 0 bridgehead atoms. The smallest absolute Gasteiger partial charge is 0.191 e. The molecule has 1 fully saturated rings. The Labute approximate surface area is 126 Å². The van der Waals surface area contributed by atoms with Crippen LogP contribution in [0.15, 0.2) is 22.7 Å². The van der Waals surface area contributed by atoms with Crippen LogP contribution in [-0.2, 0) is 11.3 Å². The van der Waals surface area contributed by atoms with Crippen LogP contribution in [0.5, 0.6) is 0 Å². The van der Waals surface area contributed by atoms with Gasteiger partial charge < -0.3 is 10.5 Å². The van der Waals surface area contributed by atoms with Crippen LogP contribution in [0, 0.1) is 0 Å². The van der Waals surface area contributed by atoms with Gasteiger partial charge in [0.05, 0.1) is 29.8 Å². The summed E-state index contributed by atoms with van der Waals surface area (Å²) in [5.74, 6) is 1.93. The van der Waals surface area contributed by atoms with Gasteiger partial charge in [-0.05, 0) is 24.3 Å². The minimum atomic E-state index is 0.295. The van der Waals surface area contributed by atoms with Crippen LogP contribution in [0.3, 0.4) is 0 Å². The molecule has 20 heavy (non-hydrogen) atoms. The number of thioether (sulfide) groups is 1. The first-order chi connectivity index (χ1) is 9.88. The van der Waals surface area contributed by atoms with Crippen LogP contribution < -0.4 is 5.73 Å². The SMILES string of the molecule is [NH3+]CCSc1nnc(-c2cccs2)n1C[C@@H]1CCCO1. The summed E-state index contributed by atoms with van der Waals surface area (Å²) < 4.78 is 7.97. The van der Waals surface area contributed by atoms with Gasteiger partial charge >= 0.3 is 0 Å². The van der Waals surface area contributed by atoms with Crippen LogP contribution >= 0.6 is 23.1 Å². The molecule has 1 aliphatic heterocycles. The number of hydrogen-bond donors (Lipinski definition) is 1. The zero-order chi connectivity index (χ0) is 13.8. The highest BCUT2D eigenvalue weighted by Gasteiger charge is 2.21. The molecule has 108 valence electrons. The van der Waals surface area contributed by atoms with Crippen molar-refractivity contribution in [3.05, 3.63) is 17.5 Å². The first kappa shape index (κ1) is 14.1. The molecule has 1 aliphatic rings. The van der Waals surface area contributed by atoms with Gasteiger partial charge in [0.2, 0.25) is 0 Å². The van der Waals surface area contributed by atoms with Crippen molar-refractivity contribution in [3.63, 3.8) is 0 Å². The molecule has 3 N–H and O–H groups in total. The molecule has 2 aromatic rings. The molecule has 5 nitrogen and oxygen atoms in total. The Kier molecular flexibility index (Phi) is 4.72. The van der Waals surface area contributed by atoms with Crippen LogP contribution in [0.25, 0.3) is 10.7 Å². The second-order valence-electron chi connectivity index (χ2n) is 4.73. The summed E-state index contributed by atoms with van der Waals surface area (Å²) in [6.07, 6.45) is 2.58. The van der Waals surface area contributed by atoms with Gasteiger partial charge in [-0.1, -0.05) is 17.8 Å². The van der Waals surface area contributed by atoms with Crippen molar-refractivity contribution in [1.29, 1.82) is 0 Å². The first-order valence-electron chi connectivity index (χ1n) is 6.89. The normalized spacial score (nSPS) is 18.8. The van der Waals surface area contributed by atoms with Crippen molar-refractivity contribution in [2.24, 2.45) is 0 Å². The molecule has 3 rings (SSSR count). The highest BCUT2D eigenvalue weighted by molar-refractivity contribution is 7.99. The minimum Gasteiger partial charge on any atom is -0.376 e. The molecule has 0 amide bonds. The molecular weight excluding hydrogens is 292 g/mol. The highest BCUT2D eigenvalue weighted by Crippen LogP contribution is 2.28. The lowest BCUT2D eigenvalue weighted by Gasteiger charge is -2.13. The topological polar surface area (TPSA) is 67.6 Å². The zero-order valence-corrected chi connectivity index (χ0v) is 13.0. The van der Waals surface area contributed by atoms with Crippen LogP contribution in [0.4, 0.5) is 0 Å². The summed E-state index contributed by atoms with van der Waals surface area (Å²) in [6, 6.07) is 4.14. The van der Waals surface area contributed by atoms with E-state index in [1.165, 1.54) is 0 Å². The molecular formula is C13H19N4OS2+. The molecule has 1 saturated heterocycles. The number of ether oxygens (including phenoxy) is 1. The Morgan fingerprint density at radius 1 is 1.50 bits per heavy atom. The predicted molar refractivity (Wildman–Crippen MR) is 80.8 cm³/mol. The van der Waals surface area contributed by atoms with Crippen LogP contribution in [0.2, 0.25) is 0 Å². The van der Waals surface area contributed by atoms with Gasteiger partial charge in [-0.15, -0.1) is 21.5 Å². The third-order valence-electron chi connectivity index (χ3n) is 3.24. The summed E-state index contributed by atoms with van der Waals surface area (Å²) in [4.78, 5) is 1.16. The predicted octanol–water partition coefficient (Wildman–Crippen LogP) is 1.52. The number of rotatable bonds is 6. The fraction of sp³-hybridized carbons (Fsp3) is 0.538. The van der Waals surface area contributed by atoms with E-state index in [0.29, 0.717) is 6.10 Å². The van der Waals surface area contributed by atoms with E-state index in [9.17, 15) is 0 Å². The standard InChI is InChI=1S/C13H18N4OS2/c14-5-8-20-13-16-15-12(11-4-2-7-19-11)17(13)9-10-3-1-6-18-10/h2,4,7,10H,1,3,5-6,8-9,14H2/p+1/t10-/m0/s1. The third-order valence-corrected chi connectivity index (χ3v) is 5.16. The molecule has 0 aromatic carbocycles. The van der Waals surface area contributed by atoms with Gasteiger partial charge in [0, 0.05) is 6.61 Å².